The summed E-state index contributed by atoms with van der Waals surface area (Å²) in [6.45, 7) is 5.50. The van der Waals surface area contributed by atoms with Crippen LogP contribution < -0.4 is 5.32 Å². The fourth-order valence-electron chi connectivity index (χ4n) is 4.23. The number of piperidine rings is 1. The summed E-state index contributed by atoms with van der Waals surface area (Å²) >= 11 is 1.63. The van der Waals surface area contributed by atoms with E-state index in [1.54, 1.807) is 17.5 Å². The van der Waals surface area contributed by atoms with Crippen LogP contribution >= 0.6 is 11.3 Å². The van der Waals surface area contributed by atoms with E-state index in [2.05, 4.69) is 21.4 Å². The van der Waals surface area contributed by atoms with E-state index in [-0.39, 0.29) is 11.8 Å². The molecule has 0 bridgehead atoms. The summed E-state index contributed by atoms with van der Waals surface area (Å²) in [5, 5.41) is 4.34. The number of fused-ring (bicyclic) bond motifs is 1. The van der Waals surface area contributed by atoms with Gasteiger partial charge in [0.1, 0.15) is 5.82 Å². The lowest BCUT2D eigenvalue weighted by Crippen LogP contribution is -2.39. The van der Waals surface area contributed by atoms with Crippen LogP contribution in [0, 0.1) is 13.8 Å². The predicted octanol–water partition coefficient (Wildman–Crippen LogP) is 5.47. The summed E-state index contributed by atoms with van der Waals surface area (Å²) in [7, 11) is 0. The zero-order valence-electron chi connectivity index (χ0n) is 18.2. The molecule has 0 spiro atoms. The van der Waals surface area contributed by atoms with Crippen molar-refractivity contribution in [2.24, 2.45) is 0 Å². The highest BCUT2D eigenvalue weighted by atomic mass is 32.1. The maximum absolute atomic E-state index is 13.2. The number of benzene rings is 1. The quantitative estimate of drug-likeness (QED) is 0.453. The predicted molar refractivity (Wildman–Crippen MR) is 129 cm³/mol. The lowest BCUT2D eigenvalue weighted by atomic mass is 9.93. The van der Waals surface area contributed by atoms with Crippen LogP contribution in [0.25, 0.3) is 10.2 Å². The number of hydrogen-bond acceptors (Lipinski definition) is 6. The summed E-state index contributed by atoms with van der Waals surface area (Å²) in [5.41, 5.74) is 4.72. The van der Waals surface area contributed by atoms with E-state index in [1.165, 1.54) is 0 Å². The van der Waals surface area contributed by atoms with Crippen LogP contribution in [-0.2, 0) is 0 Å². The number of pyridine rings is 2. The van der Waals surface area contributed by atoms with E-state index in [0.29, 0.717) is 6.54 Å². The van der Waals surface area contributed by atoms with Gasteiger partial charge >= 0.3 is 0 Å². The van der Waals surface area contributed by atoms with Gasteiger partial charge in [-0.25, -0.2) is 9.97 Å². The molecule has 4 aromatic rings. The molecule has 1 fully saturated rings. The van der Waals surface area contributed by atoms with Gasteiger partial charge in [0.05, 0.1) is 27.1 Å². The molecule has 3 aromatic heterocycles. The van der Waals surface area contributed by atoms with Crippen molar-refractivity contribution < 1.29 is 4.79 Å². The third-order valence-electron chi connectivity index (χ3n) is 5.93. The molecule has 4 heterocycles. The smallest absolute Gasteiger partial charge is 0.253 e. The molecule has 0 radical (unpaired) electrons. The van der Waals surface area contributed by atoms with Gasteiger partial charge in [0.15, 0.2) is 0 Å². The Morgan fingerprint density at radius 2 is 2.06 bits per heavy atom. The summed E-state index contributed by atoms with van der Waals surface area (Å²) in [4.78, 5) is 28.7. The number of carbonyl (C=O) groups is 1. The number of amides is 1. The van der Waals surface area contributed by atoms with Crippen LogP contribution in [0.5, 0.6) is 0 Å². The SMILES string of the molecule is Cc1nc2ccc(C(=O)N3CCC[C@H](c4ccc(Nc5ncccc5C)cn4)C3)cc2s1. The number of likely N-dealkylation sites (tertiary alicyclic amines) is 1. The molecule has 1 amide bonds. The zero-order chi connectivity index (χ0) is 22.1. The van der Waals surface area contributed by atoms with Crippen LogP contribution in [0.2, 0.25) is 0 Å². The number of thiazole rings is 1. The average molecular weight is 444 g/mol. The van der Waals surface area contributed by atoms with Crippen molar-refractivity contribution in [2.45, 2.75) is 32.6 Å². The number of hydrogen-bond donors (Lipinski definition) is 1. The zero-order valence-corrected chi connectivity index (χ0v) is 19.0. The molecule has 162 valence electrons. The number of anilines is 2. The standard InChI is InChI=1S/C25H25N5OS/c1-16-5-3-11-26-24(16)29-20-8-10-21(27-14-20)19-6-4-12-30(15-19)25(31)18-7-9-22-23(13-18)32-17(2)28-22/h3,5,7-11,13-14,19H,4,6,12,15H2,1-2H3,(H,26,29)/t19-/m0/s1. The number of aromatic nitrogens is 3. The fourth-order valence-corrected chi connectivity index (χ4v) is 5.10. The topological polar surface area (TPSA) is 71.0 Å². The molecule has 32 heavy (non-hydrogen) atoms. The van der Waals surface area contributed by atoms with Crippen LogP contribution in [0.15, 0.2) is 54.9 Å². The number of rotatable bonds is 4. The molecular weight excluding hydrogens is 418 g/mol. The van der Waals surface area contributed by atoms with Gasteiger partial charge in [-0.15, -0.1) is 11.3 Å². The number of carbonyl (C=O) groups excluding carboxylic acids is 1. The van der Waals surface area contributed by atoms with Crippen molar-refractivity contribution in [3.8, 4) is 0 Å². The van der Waals surface area contributed by atoms with E-state index >= 15 is 0 Å². The van der Waals surface area contributed by atoms with Crippen molar-refractivity contribution >= 4 is 39.0 Å². The fraction of sp³-hybridized carbons (Fsp3) is 0.280. The Bertz CT molecular complexity index is 1270. The molecule has 0 saturated carbocycles. The van der Waals surface area contributed by atoms with Crippen LogP contribution in [0.4, 0.5) is 11.5 Å². The molecule has 6 nitrogen and oxygen atoms in total. The lowest BCUT2D eigenvalue weighted by molar-refractivity contribution is 0.0706. The Balaban J connectivity index is 1.28. The van der Waals surface area contributed by atoms with Crippen molar-refractivity contribution in [1.82, 2.24) is 19.9 Å². The monoisotopic (exact) mass is 443 g/mol. The second-order valence-electron chi connectivity index (χ2n) is 8.27. The Labute approximate surface area is 191 Å². The number of nitrogens with zero attached hydrogens (tertiary/aromatic N) is 4. The van der Waals surface area contributed by atoms with Crippen LogP contribution in [0.1, 0.15) is 45.4 Å². The first-order valence-electron chi connectivity index (χ1n) is 10.9. The van der Waals surface area contributed by atoms with Gasteiger partial charge in [0.2, 0.25) is 0 Å². The Morgan fingerprint density at radius 1 is 1.16 bits per heavy atom. The maximum Gasteiger partial charge on any atom is 0.253 e. The molecule has 1 aliphatic rings. The van der Waals surface area contributed by atoms with Gasteiger partial charge in [0, 0.05) is 36.5 Å². The summed E-state index contributed by atoms with van der Waals surface area (Å²) < 4.78 is 1.06. The van der Waals surface area contributed by atoms with Crippen molar-refractivity contribution in [2.75, 3.05) is 18.4 Å². The normalized spacial score (nSPS) is 16.3. The van der Waals surface area contributed by atoms with Gasteiger partial charge in [-0.1, -0.05) is 6.07 Å². The number of aryl methyl sites for hydroxylation is 2. The van der Waals surface area contributed by atoms with E-state index in [1.807, 2.05) is 61.3 Å². The summed E-state index contributed by atoms with van der Waals surface area (Å²) in [6, 6.07) is 13.9. The van der Waals surface area contributed by atoms with E-state index in [9.17, 15) is 4.79 Å². The highest BCUT2D eigenvalue weighted by Crippen LogP contribution is 2.29. The minimum Gasteiger partial charge on any atom is -0.339 e. The lowest BCUT2D eigenvalue weighted by Gasteiger charge is -2.32. The van der Waals surface area contributed by atoms with Gasteiger partial charge in [-0.3, -0.25) is 9.78 Å². The second kappa shape index (κ2) is 8.67. The van der Waals surface area contributed by atoms with E-state index < -0.39 is 0 Å². The summed E-state index contributed by atoms with van der Waals surface area (Å²) in [5.74, 6) is 1.17. The highest BCUT2D eigenvalue weighted by molar-refractivity contribution is 7.18. The van der Waals surface area contributed by atoms with Gasteiger partial charge in [-0.2, -0.15) is 0 Å². The third-order valence-corrected chi connectivity index (χ3v) is 6.86. The minimum atomic E-state index is 0.0894. The van der Waals surface area contributed by atoms with E-state index in [0.717, 1.165) is 62.9 Å². The molecular formula is C25H25N5OS. The van der Waals surface area contributed by atoms with Gasteiger partial charge < -0.3 is 10.2 Å². The highest BCUT2D eigenvalue weighted by Gasteiger charge is 2.26. The maximum atomic E-state index is 13.2. The first-order valence-corrected chi connectivity index (χ1v) is 11.7. The third kappa shape index (κ3) is 4.21. The first kappa shape index (κ1) is 20.6. The first-order chi connectivity index (χ1) is 15.6. The van der Waals surface area contributed by atoms with E-state index in [4.69, 9.17) is 4.98 Å². The molecule has 1 saturated heterocycles. The molecule has 1 aliphatic heterocycles. The average Bonchev–Trinajstić information content (AvgIpc) is 3.20. The molecule has 0 unspecified atom stereocenters. The van der Waals surface area contributed by atoms with Crippen molar-refractivity contribution in [3.63, 3.8) is 0 Å². The van der Waals surface area contributed by atoms with Crippen molar-refractivity contribution in [1.29, 1.82) is 0 Å². The van der Waals surface area contributed by atoms with Crippen LogP contribution in [0.3, 0.4) is 0 Å². The molecule has 7 heteroatoms. The Hall–Kier alpha value is -3.32. The van der Waals surface area contributed by atoms with Gasteiger partial charge in [0.25, 0.3) is 5.91 Å². The molecule has 1 N–H and O–H groups in total. The molecule has 1 aromatic carbocycles. The van der Waals surface area contributed by atoms with Gasteiger partial charge in [-0.05, 0) is 68.7 Å². The van der Waals surface area contributed by atoms with Crippen molar-refractivity contribution in [3.05, 3.63) is 76.7 Å². The molecule has 5 rings (SSSR count). The number of nitrogens with one attached hydrogen (secondary N) is 1. The molecule has 1 atom stereocenters. The second-order valence-corrected chi connectivity index (χ2v) is 9.51. The largest absolute Gasteiger partial charge is 0.339 e. The van der Waals surface area contributed by atoms with Crippen LogP contribution in [-0.4, -0.2) is 38.8 Å². The summed E-state index contributed by atoms with van der Waals surface area (Å²) in [6.07, 6.45) is 5.64. The minimum absolute atomic E-state index is 0.0894. The Morgan fingerprint density at radius 3 is 2.88 bits per heavy atom. The Kier molecular flexibility index (Phi) is 5.57. The molecule has 0 aliphatic carbocycles.